The van der Waals surface area contributed by atoms with Crippen LogP contribution in [0.1, 0.15) is 42.7 Å². The van der Waals surface area contributed by atoms with E-state index in [1.165, 1.54) is 12.8 Å². The number of rotatable bonds is 4. The Labute approximate surface area is 129 Å². The van der Waals surface area contributed by atoms with Gasteiger partial charge < -0.3 is 4.90 Å². The van der Waals surface area contributed by atoms with Crippen LogP contribution in [0.15, 0.2) is 35.7 Å². The van der Waals surface area contributed by atoms with Gasteiger partial charge in [-0.15, -0.1) is 11.3 Å². The first-order valence-corrected chi connectivity index (χ1v) is 8.24. The smallest absolute Gasteiger partial charge is 0.185 e. The van der Waals surface area contributed by atoms with Gasteiger partial charge in [-0.1, -0.05) is 30.3 Å². The first-order chi connectivity index (χ1) is 10.1. The summed E-state index contributed by atoms with van der Waals surface area (Å²) in [4.78, 5) is 19.3. The lowest BCUT2D eigenvalue weighted by atomic mass is 10.0. The Morgan fingerprint density at radius 3 is 2.76 bits per heavy atom. The number of hydrogen-bond acceptors (Lipinski definition) is 4. The average molecular weight is 300 g/mol. The van der Waals surface area contributed by atoms with Crippen LogP contribution in [0.25, 0.3) is 0 Å². The van der Waals surface area contributed by atoms with E-state index >= 15 is 0 Å². The molecule has 0 atom stereocenters. The lowest BCUT2D eigenvalue weighted by Gasteiger charge is -2.31. The summed E-state index contributed by atoms with van der Waals surface area (Å²) >= 11 is 1.65. The number of ketones is 1. The molecule has 0 aliphatic carbocycles. The Morgan fingerprint density at radius 1 is 1.33 bits per heavy atom. The van der Waals surface area contributed by atoms with Gasteiger partial charge in [-0.3, -0.25) is 4.79 Å². The summed E-state index contributed by atoms with van der Waals surface area (Å²) in [6.45, 7) is 5.58. The van der Waals surface area contributed by atoms with Gasteiger partial charge in [-0.25, -0.2) is 4.98 Å². The van der Waals surface area contributed by atoms with Crippen LogP contribution in [0.3, 0.4) is 0 Å². The fourth-order valence-electron chi connectivity index (χ4n) is 2.85. The molecule has 0 N–H and O–H groups in total. The zero-order chi connectivity index (χ0) is 14.9. The van der Waals surface area contributed by atoms with E-state index < -0.39 is 0 Å². The Hall–Kier alpha value is -1.68. The predicted octanol–water partition coefficient (Wildman–Crippen LogP) is 3.95. The molecule has 1 saturated heterocycles. The third-order valence-electron chi connectivity index (χ3n) is 4.11. The van der Waals surface area contributed by atoms with E-state index in [-0.39, 0.29) is 11.3 Å². The largest absolute Gasteiger partial charge is 0.343 e. The van der Waals surface area contributed by atoms with Crippen LogP contribution >= 0.6 is 11.3 Å². The molecule has 1 aromatic carbocycles. The molecule has 0 bridgehead atoms. The molecule has 3 nitrogen and oxygen atoms in total. The Morgan fingerprint density at radius 2 is 2.10 bits per heavy atom. The summed E-state index contributed by atoms with van der Waals surface area (Å²) in [5.74, 6) is 0.133. The first-order valence-electron chi connectivity index (χ1n) is 7.36. The standard InChI is InChI=1S/C17H20N2OS/c1-17(2)9-6-10-19(17)16-18-14(12-21-16)11-15(20)13-7-4-3-5-8-13/h3-5,7-8,12H,6,9-11H2,1-2H3. The summed E-state index contributed by atoms with van der Waals surface area (Å²) in [7, 11) is 0. The van der Waals surface area contributed by atoms with Gasteiger partial charge in [0.25, 0.3) is 0 Å². The quantitative estimate of drug-likeness (QED) is 0.802. The summed E-state index contributed by atoms with van der Waals surface area (Å²) < 4.78 is 0. The highest BCUT2D eigenvalue weighted by atomic mass is 32.1. The maximum absolute atomic E-state index is 12.2. The highest BCUT2D eigenvalue weighted by Crippen LogP contribution is 2.35. The van der Waals surface area contributed by atoms with Crippen molar-refractivity contribution in [2.75, 3.05) is 11.4 Å². The molecular formula is C17H20N2OS. The minimum atomic E-state index is 0.133. The predicted molar refractivity (Wildman–Crippen MR) is 87.2 cm³/mol. The monoisotopic (exact) mass is 300 g/mol. The third-order valence-corrected chi connectivity index (χ3v) is 5.02. The number of carbonyl (C=O) groups is 1. The van der Waals surface area contributed by atoms with Crippen LogP contribution in [-0.2, 0) is 6.42 Å². The minimum Gasteiger partial charge on any atom is -0.343 e. The van der Waals surface area contributed by atoms with Crippen molar-refractivity contribution in [2.24, 2.45) is 0 Å². The molecule has 4 heteroatoms. The lowest BCUT2D eigenvalue weighted by molar-refractivity contribution is 0.0992. The normalized spacial score (nSPS) is 17.1. The van der Waals surface area contributed by atoms with Crippen molar-refractivity contribution in [2.45, 2.75) is 38.6 Å². The summed E-state index contributed by atoms with van der Waals surface area (Å²) in [6.07, 6.45) is 2.80. The molecule has 3 rings (SSSR count). The maximum Gasteiger partial charge on any atom is 0.185 e. The minimum absolute atomic E-state index is 0.133. The molecule has 0 unspecified atom stereocenters. The van der Waals surface area contributed by atoms with E-state index in [9.17, 15) is 4.79 Å². The Kier molecular flexibility index (Phi) is 3.81. The highest BCUT2D eigenvalue weighted by molar-refractivity contribution is 7.13. The number of aromatic nitrogens is 1. The summed E-state index contributed by atoms with van der Waals surface area (Å²) in [5.41, 5.74) is 1.82. The molecule has 1 aliphatic rings. The fourth-order valence-corrected chi connectivity index (χ4v) is 3.87. The first kappa shape index (κ1) is 14.3. The molecule has 110 valence electrons. The van der Waals surface area contributed by atoms with Gasteiger partial charge in [0.05, 0.1) is 12.1 Å². The topological polar surface area (TPSA) is 33.2 Å². The number of nitrogens with zero attached hydrogens (tertiary/aromatic N) is 2. The average Bonchev–Trinajstić information content (AvgIpc) is 3.05. The van der Waals surface area contributed by atoms with Crippen molar-refractivity contribution in [1.29, 1.82) is 0 Å². The second-order valence-corrected chi connectivity index (χ2v) is 6.99. The fraction of sp³-hybridized carbons (Fsp3) is 0.412. The van der Waals surface area contributed by atoms with Crippen molar-refractivity contribution >= 4 is 22.3 Å². The van der Waals surface area contributed by atoms with E-state index in [1.807, 2.05) is 35.7 Å². The molecule has 0 radical (unpaired) electrons. The number of benzene rings is 1. The molecule has 1 aromatic heterocycles. The zero-order valence-electron chi connectivity index (χ0n) is 12.5. The number of anilines is 1. The van der Waals surface area contributed by atoms with Crippen LogP contribution < -0.4 is 4.90 Å². The molecule has 0 amide bonds. The van der Waals surface area contributed by atoms with E-state index in [0.717, 1.165) is 22.9 Å². The molecule has 1 aliphatic heterocycles. The second kappa shape index (κ2) is 5.60. The number of hydrogen-bond donors (Lipinski definition) is 0. The van der Waals surface area contributed by atoms with Crippen LogP contribution in [-0.4, -0.2) is 22.9 Å². The third kappa shape index (κ3) is 3.00. The van der Waals surface area contributed by atoms with Gasteiger partial charge in [-0.05, 0) is 26.7 Å². The highest BCUT2D eigenvalue weighted by Gasteiger charge is 2.33. The summed E-state index contributed by atoms with van der Waals surface area (Å²) in [5, 5.41) is 3.07. The number of thiazole rings is 1. The Balaban J connectivity index is 1.73. The van der Waals surface area contributed by atoms with Crippen LogP contribution in [0.4, 0.5) is 5.13 Å². The molecule has 1 fully saturated rings. The Bertz CT molecular complexity index is 633. The van der Waals surface area contributed by atoms with E-state index in [0.29, 0.717) is 6.42 Å². The van der Waals surface area contributed by atoms with Gasteiger partial charge in [0.15, 0.2) is 10.9 Å². The van der Waals surface area contributed by atoms with Crippen LogP contribution in [0.2, 0.25) is 0 Å². The van der Waals surface area contributed by atoms with Gasteiger partial charge in [0.2, 0.25) is 0 Å². The van der Waals surface area contributed by atoms with Crippen molar-refractivity contribution in [1.82, 2.24) is 4.98 Å². The van der Waals surface area contributed by atoms with Gasteiger partial charge >= 0.3 is 0 Å². The number of carbonyl (C=O) groups excluding carboxylic acids is 1. The number of Topliss-reactive ketones (excluding diaryl/α,β-unsaturated/α-hetero) is 1. The summed E-state index contributed by atoms with van der Waals surface area (Å²) in [6, 6.07) is 9.44. The lowest BCUT2D eigenvalue weighted by Crippen LogP contribution is -2.38. The van der Waals surface area contributed by atoms with Crippen LogP contribution in [0, 0.1) is 0 Å². The molecular weight excluding hydrogens is 280 g/mol. The van der Waals surface area contributed by atoms with E-state index in [1.54, 1.807) is 11.3 Å². The van der Waals surface area contributed by atoms with Gasteiger partial charge in [0.1, 0.15) is 0 Å². The second-order valence-electron chi connectivity index (χ2n) is 6.16. The van der Waals surface area contributed by atoms with Gasteiger partial charge in [-0.2, -0.15) is 0 Å². The van der Waals surface area contributed by atoms with Crippen molar-refractivity contribution < 1.29 is 4.79 Å². The van der Waals surface area contributed by atoms with Crippen molar-refractivity contribution in [3.8, 4) is 0 Å². The van der Waals surface area contributed by atoms with Crippen molar-refractivity contribution in [3.63, 3.8) is 0 Å². The zero-order valence-corrected chi connectivity index (χ0v) is 13.3. The SMILES string of the molecule is CC1(C)CCCN1c1nc(CC(=O)c2ccccc2)cs1. The molecule has 2 heterocycles. The molecule has 0 spiro atoms. The van der Waals surface area contributed by atoms with E-state index in [4.69, 9.17) is 0 Å². The van der Waals surface area contributed by atoms with Crippen LogP contribution in [0.5, 0.6) is 0 Å². The maximum atomic E-state index is 12.2. The van der Waals surface area contributed by atoms with Crippen molar-refractivity contribution in [3.05, 3.63) is 47.0 Å². The molecule has 0 saturated carbocycles. The van der Waals surface area contributed by atoms with E-state index in [2.05, 4.69) is 23.7 Å². The van der Waals surface area contributed by atoms with Gasteiger partial charge in [0, 0.05) is 23.0 Å². The molecule has 21 heavy (non-hydrogen) atoms. The molecule has 2 aromatic rings.